The third kappa shape index (κ3) is 3.95. The van der Waals surface area contributed by atoms with E-state index in [1.807, 2.05) is 24.3 Å². The van der Waals surface area contributed by atoms with Crippen LogP contribution in [0.5, 0.6) is 0 Å². The third-order valence-corrected chi connectivity index (χ3v) is 7.60. The Kier molecular flexibility index (Phi) is 5.73. The van der Waals surface area contributed by atoms with Gasteiger partial charge in [-0.25, -0.2) is 0 Å². The summed E-state index contributed by atoms with van der Waals surface area (Å²) in [5.41, 5.74) is 11.5. The van der Waals surface area contributed by atoms with Crippen LogP contribution in [0.3, 0.4) is 0 Å². The van der Waals surface area contributed by atoms with Crippen molar-refractivity contribution in [1.29, 1.82) is 5.26 Å². The molecule has 0 atom stereocenters. The topological polar surface area (TPSA) is 41.6 Å². The molecule has 0 radical (unpaired) electrons. The molecule has 3 nitrogen and oxygen atoms in total. The van der Waals surface area contributed by atoms with Crippen molar-refractivity contribution >= 4 is 21.8 Å². The summed E-state index contributed by atoms with van der Waals surface area (Å²) < 4.78 is 2.31. The average molecular weight is 512 g/mol. The lowest BCUT2D eigenvalue weighted by Gasteiger charge is -2.17. The molecule has 0 saturated carbocycles. The number of aryl methyl sites for hydroxylation is 1. The molecular formula is C37H25N3. The van der Waals surface area contributed by atoms with Crippen LogP contribution in [0.25, 0.3) is 60.9 Å². The summed E-state index contributed by atoms with van der Waals surface area (Å²) in [4.78, 5) is 4.18. The van der Waals surface area contributed by atoms with Crippen molar-refractivity contribution in [2.45, 2.75) is 6.92 Å². The van der Waals surface area contributed by atoms with E-state index in [2.05, 4.69) is 120 Å². The highest BCUT2D eigenvalue weighted by Gasteiger charge is 2.19. The number of hydrogen-bond acceptors (Lipinski definition) is 2. The second kappa shape index (κ2) is 9.69. The Morgan fingerprint density at radius 2 is 1.27 bits per heavy atom. The molecule has 5 aromatic carbocycles. The van der Waals surface area contributed by atoms with Crippen LogP contribution >= 0.6 is 0 Å². The average Bonchev–Trinajstić information content (AvgIpc) is 3.35. The Morgan fingerprint density at radius 1 is 0.575 bits per heavy atom. The minimum absolute atomic E-state index is 0.628. The van der Waals surface area contributed by atoms with Crippen molar-refractivity contribution < 1.29 is 0 Å². The van der Waals surface area contributed by atoms with E-state index in [-0.39, 0.29) is 0 Å². The third-order valence-electron chi connectivity index (χ3n) is 7.60. The molecule has 0 unspecified atom stereocenters. The highest BCUT2D eigenvalue weighted by Crippen LogP contribution is 2.40. The molecule has 0 spiro atoms. The first-order chi connectivity index (χ1) is 19.7. The number of fused-ring (bicyclic) bond motifs is 3. The summed E-state index contributed by atoms with van der Waals surface area (Å²) in [7, 11) is 0. The van der Waals surface area contributed by atoms with Gasteiger partial charge in [0.1, 0.15) is 0 Å². The number of pyridine rings is 1. The molecule has 188 valence electrons. The second-order valence-corrected chi connectivity index (χ2v) is 10.1. The lowest BCUT2D eigenvalue weighted by molar-refractivity contribution is 1.18. The molecule has 40 heavy (non-hydrogen) atoms. The number of benzene rings is 5. The fourth-order valence-corrected chi connectivity index (χ4v) is 5.72. The first kappa shape index (κ1) is 23.6. The molecule has 7 rings (SSSR count). The Bertz CT molecular complexity index is 2060. The molecule has 0 saturated heterocycles. The Morgan fingerprint density at radius 3 is 2.08 bits per heavy atom. The predicted molar refractivity (Wildman–Crippen MR) is 164 cm³/mol. The van der Waals surface area contributed by atoms with Crippen molar-refractivity contribution in [2.24, 2.45) is 0 Å². The van der Waals surface area contributed by atoms with Gasteiger partial charge < -0.3 is 4.57 Å². The second-order valence-electron chi connectivity index (χ2n) is 10.1. The maximum atomic E-state index is 10.3. The van der Waals surface area contributed by atoms with Gasteiger partial charge in [-0.05, 0) is 71.6 Å². The number of nitriles is 1. The van der Waals surface area contributed by atoms with E-state index in [9.17, 15) is 5.26 Å². The van der Waals surface area contributed by atoms with E-state index < -0.39 is 0 Å². The van der Waals surface area contributed by atoms with Crippen molar-refractivity contribution in [3.05, 3.63) is 145 Å². The smallest absolute Gasteiger partial charge is 0.0998 e. The van der Waals surface area contributed by atoms with Crippen LogP contribution in [-0.4, -0.2) is 9.55 Å². The fourth-order valence-electron chi connectivity index (χ4n) is 5.72. The van der Waals surface area contributed by atoms with Gasteiger partial charge in [-0.15, -0.1) is 0 Å². The summed E-state index contributed by atoms with van der Waals surface area (Å²) in [5.74, 6) is 0. The van der Waals surface area contributed by atoms with Gasteiger partial charge in [-0.1, -0.05) is 84.4 Å². The molecule has 7 aromatic rings. The Hall–Kier alpha value is -5.46. The van der Waals surface area contributed by atoms with Crippen molar-refractivity contribution in [1.82, 2.24) is 9.55 Å². The zero-order valence-electron chi connectivity index (χ0n) is 22.0. The van der Waals surface area contributed by atoms with Gasteiger partial charge in [0.25, 0.3) is 0 Å². The maximum Gasteiger partial charge on any atom is 0.0998 e. The van der Waals surface area contributed by atoms with Crippen molar-refractivity contribution in [3.63, 3.8) is 0 Å². The monoisotopic (exact) mass is 511 g/mol. The van der Waals surface area contributed by atoms with Gasteiger partial charge in [0.2, 0.25) is 0 Å². The molecule has 3 heteroatoms. The summed E-state index contributed by atoms with van der Waals surface area (Å²) in [6.45, 7) is 2.13. The van der Waals surface area contributed by atoms with Crippen LogP contribution in [0.1, 0.15) is 11.1 Å². The molecule has 0 bridgehead atoms. The minimum Gasteiger partial charge on any atom is -0.309 e. The van der Waals surface area contributed by atoms with Crippen LogP contribution in [0, 0.1) is 18.3 Å². The van der Waals surface area contributed by atoms with Gasteiger partial charge >= 0.3 is 0 Å². The highest BCUT2D eigenvalue weighted by molar-refractivity contribution is 6.11. The zero-order valence-corrected chi connectivity index (χ0v) is 22.0. The summed E-state index contributed by atoms with van der Waals surface area (Å²) >= 11 is 0. The molecule has 2 aromatic heterocycles. The molecule has 0 aliphatic rings. The minimum atomic E-state index is 0.628. The fraction of sp³-hybridized carbons (Fsp3) is 0.0270. The molecule has 0 amide bonds. The number of hydrogen-bond donors (Lipinski definition) is 0. The predicted octanol–water partition coefficient (Wildman–Crippen LogP) is 9.36. The first-order valence-electron chi connectivity index (χ1n) is 13.4. The summed E-state index contributed by atoms with van der Waals surface area (Å²) in [5, 5.41) is 12.7. The molecule has 0 aliphatic heterocycles. The number of aromatic nitrogens is 2. The van der Waals surface area contributed by atoms with Gasteiger partial charge in [0.05, 0.1) is 28.4 Å². The van der Waals surface area contributed by atoms with E-state index in [0.717, 1.165) is 39.0 Å². The molecule has 0 aliphatic carbocycles. The summed E-state index contributed by atoms with van der Waals surface area (Å²) in [6.07, 6.45) is 3.54. The zero-order chi connectivity index (χ0) is 27.1. The van der Waals surface area contributed by atoms with Crippen LogP contribution in [-0.2, 0) is 0 Å². The van der Waals surface area contributed by atoms with Crippen molar-refractivity contribution in [3.8, 4) is 45.1 Å². The normalized spacial score (nSPS) is 11.1. The van der Waals surface area contributed by atoms with Gasteiger partial charge in [0, 0.05) is 34.3 Å². The first-order valence-corrected chi connectivity index (χ1v) is 13.4. The Labute approximate surface area is 233 Å². The van der Waals surface area contributed by atoms with E-state index in [1.54, 1.807) is 12.4 Å². The number of para-hydroxylation sites is 1. The van der Waals surface area contributed by atoms with E-state index in [4.69, 9.17) is 0 Å². The number of rotatable bonds is 4. The van der Waals surface area contributed by atoms with E-state index in [0.29, 0.717) is 5.56 Å². The van der Waals surface area contributed by atoms with E-state index >= 15 is 0 Å². The van der Waals surface area contributed by atoms with Crippen molar-refractivity contribution in [2.75, 3.05) is 0 Å². The standard InChI is InChI=1S/C37H25N3/c1-25-8-7-11-28(20-25)29-14-15-36-34(21-29)31-12-5-6-13-35(31)40(36)37-22-30(24-38)32(27-16-18-39-19-17-27)23-33(37)26-9-3-2-4-10-26/h2-23H,1H3. The summed E-state index contributed by atoms with van der Waals surface area (Å²) in [6, 6.07) is 44.9. The molecule has 0 N–H and O–H groups in total. The van der Waals surface area contributed by atoms with Crippen LogP contribution in [0.15, 0.2) is 134 Å². The lowest BCUT2D eigenvalue weighted by Crippen LogP contribution is -2.00. The quantitative estimate of drug-likeness (QED) is 0.236. The van der Waals surface area contributed by atoms with E-state index in [1.165, 1.54) is 27.5 Å². The highest BCUT2D eigenvalue weighted by atomic mass is 15.0. The largest absolute Gasteiger partial charge is 0.309 e. The van der Waals surface area contributed by atoms with Gasteiger partial charge in [-0.3, -0.25) is 4.98 Å². The van der Waals surface area contributed by atoms with Crippen LogP contribution in [0.2, 0.25) is 0 Å². The van der Waals surface area contributed by atoms with Gasteiger partial charge in [-0.2, -0.15) is 5.26 Å². The molecule has 2 heterocycles. The molecular weight excluding hydrogens is 486 g/mol. The van der Waals surface area contributed by atoms with Crippen LogP contribution < -0.4 is 0 Å². The number of nitrogens with zero attached hydrogens (tertiary/aromatic N) is 3. The maximum absolute atomic E-state index is 10.3. The Balaban J connectivity index is 1.56. The lowest BCUT2D eigenvalue weighted by atomic mass is 9.93. The molecule has 0 fully saturated rings. The van der Waals surface area contributed by atoms with Crippen LogP contribution in [0.4, 0.5) is 0 Å². The SMILES string of the molecule is Cc1cccc(-c2ccc3c(c2)c2ccccc2n3-c2cc(C#N)c(-c3ccncc3)cc2-c2ccccc2)c1. The van der Waals surface area contributed by atoms with Gasteiger partial charge in [0.15, 0.2) is 0 Å².